The monoisotopic (exact) mass is 475 g/mol. The topological polar surface area (TPSA) is 91.0 Å². The van der Waals surface area contributed by atoms with Gasteiger partial charge in [0, 0.05) is 17.9 Å². The number of ether oxygens (including phenoxy) is 1. The number of nitrogens with one attached hydrogen (secondary N) is 1. The lowest BCUT2D eigenvalue weighted by Gasteiger charge is -2.17. The Morgan fingerprint density at radius 3 is 2.65 bits per heavy atom. The molecule has 34 heavy (non-hydrogen) atoms. The molecule has 1 N–H and O–H groups in total. The molecular formula is C25H25N5O3S. The molecular weight excluding hydrogens is 450 g/mol. The summed E-state index contributed by atoms with van der Waals surface area (Å²) in [5.74, 6) is 1.24. The summed E-state index contributed by atoms with van der Waals surface area (Å²) in [6.07, 6.45) is 3.90. The normalized spacial score (nSPS) is 13.3. The highest BCUT2D eigenvalue weighted by Gasteiger charge is 2.27. The number of fused-ring (bicyclic) bond motifs is 3. The van der Waals surface area contributed by atoms with Crippen molar-refractivity contribution in [3.63, 3.8) is 0 Å². The van der Waals surface area contributed by atoms with Gasteiger partial charge in [0.2, 0.25) is 5.91 Å². The minimum atomic E-state index is -0.145. The van der Waals surface area contributed by atoms with Crippen molar-refractivity contribution in [2.45, 2.75) is 37.4 Å². The molecule has 9 heteroatoms. The highest BCUT2D eigenvalue weighted by molar-refractivity contribution is 7.99. The SMILES string of the molecule is COc1ccc(NC(=O)CSc2nc3nn(-c4ccccc4)c(=O)c-3c3n2CCCCC3)cc1. The Morgan fingerprint density at radius 2 is 1.88 bits per heavy atom. The molecule has 0 aliphatic carbocycles. The number of hydrogen-bond donors (Lipinski definition) is 1. The first kappa shape index (κ1) is 22.2. The number of nitrogens with zero attached hydrogens (tertiary/aromatic N) is 4. The van der Waals surface area contributed by atoms with E-state index in [4.69, 9.17) is 9.72 Å². The summed E-state index contributed by atoms with van der Waals surface area (Å²) in [6, 6.07) is 16.6. The molecule has 174 valence electrons. The van der Waals surface area contributed by atoms with Crippen LogP contribution in [0.15, 0.2) is 64.5 Å². The molecule has 5 rings (SSSR count). The molecule has 2 aromatic rings. The van der Waals surface area contributed by atoms with Crippen LogP contribution in [0.1, 0.15) is 25.0 Å². The Balaban J connectivity index is 1.45. The van der Waals surface area contributed by atoms with Crippen LogP contribution < -0.4 is 15.6 Å². The van der Waals surface area contributed by atoms with Gasteiger partial charge in [-0.25, -0.2) is 4.98 Å². The summed E-state index contributed by atoms with van der Waals surface area (Å²) in [5.41, 5.74) is 2.82. The van der Waals surface area contributed by atoms with Gasteiger partial charge in [-0.1, -0.05) is 36.4 Å². The fraction of sp³-hybridized carbons (Fsp3) is 0.280. The lowest BCUT2D eigenvalue weighted by atomic mass is 10.1. The molecule has 8 nitrogen and oxygen atoms in total. The van der Waals surface area contributed by atoms with Crippen LogP contribution in [0, 0.1) is 0 Å². The highest BCUT2D eigenvalue weighted by Crippen LogP contribution is 2.30. The van der Waals surface area contributed by atoms with Gasteiger partial charge in [0.1, 0.15) is 11.3 Å². The zero-order chi connectivity index (χ0) is 23.5. The van der Waals surface area contributed by atoms with Crippen molar-refractivity contribution in [2.75, 3.05) is 18.2 Å². The van der Waals surface area contributed by atoms with Crippen LogP contribution in [0.4, 0.5) is 5.69 Å². The van der Waals surface area contributed by atoms with Gasteiger partial charge in [0.15, 0.2) is 11.0 Å². The fourth-order valence-electron chi connectivity index (χ4n) is 4.21. The van der Waals surface area contributed by atoms with Crippen LogP contribution in [0.2, 0.25) is 0 Å². The first-order valence-electron chi connectivity index (χ1n) is 11.3. The molecule has 0 radical (unpaired) electrons. The van der Waals surface area contributed by atoms with E-state index in [9.17, 15) is 9.59 Å². The van der Waals surface area contributed by atoms with Gasteiger partial charge in [-0.15, -0.1) is 5.10 Å². The highest BCUT2D eigenvalue weighted by atomic mass is 32.2. The second kappa shape index (κ2) is 9.72. The number of anilines is 1. The largest absolute Gasteiger partial charge is 0.497 e. The summed E-state index contributed by atoms with van der Waals surface area (Å²) in [5, 5.41) is 8.17. The predicted octanol–water partition coefficient (Wildman–Crippen LogP) is 4.00. The van der Waals surface area contributed by atoms with Gasteiger partial charge in [-0.3, -0.25) is 9.59 Å². The fourth-order valence-corrected chi connectivity index (χ4v) is 5.05. The van der Waals surface area contributed by atoms with Crippen LogP contribution >= 0.6 is 11.8 Å². The summed E-state index contributed by atoms with van der Waals surface area (Å²) < 4.78 is 8.69. The molecule has 0 saturated carbocycles. The maximum atomic E-state index is 13.3. The molecule has 0 spiro atoms. The molecule has 0 aromatic heterocycles. The molecule has 2 aromatic carbocycles. The molecule has 3 aliphatic rings. The van der Waals surface area contributed by atoms with E-state index in [-0.39, 0.29) is 17.2 Å². The van der Waals surface area contributed by atoms with Gasteiger partial charge in [0.25, 0.3) is 5.56 Å². The molecule has 0 saturated heterocycles. The number of aromatic nitrogens is 4. The number of carbonyl (C=O) groups is 1. The zero-order valence-corrected chi connectivity index (χ0v) is 19.7. The Labute approximate surface area is 201 Å². The minimum Gasteiger partial charge on any atom is -0.497 e. The smallest absolute Gasteiger partial charge is 0.284 e. The third-order valence-electron chi connectivity index (χ3n) is 5.87. The summed E-state index contributed by atoms with van der Waals surface area (Å²) >= 11 is 1.37. The quantitative estimate of drug-likeness (QED) is 0.335. The summed E-state index contributed by atoms with van der Waals surface area (Å²) in [7, 11) is 1.60. The van der Waals surface area contributed by atoms with Crippen molar-refractivity contribution < 1.29 is 9.53 Å². The van der Waals surface area contributed by atoms with Crippen molar-refractivity contribution in [1.82, 2.24) is 19.3 Å². The van der Waals surface area contributed by atoms with E-state index in [2.05, 4.69) is 15.0 Å². The minimum absolute atomic E-state index is 0.126. The molecule has 1 amide bonds. The van der Waals surface area contributed by atoms with Crippen LogP contribution in [0.25, 0.3) is 17.1 Å². The third-order valence-corrected chi connectivity index (χ3v) is 6.85. The number of carbonyl (C=O) groups excluding carboxylic acids is 1. The lowest BCUT2D eigenvalue weighted by molar-refractivity contribution is -0.113. The number of benzene rings is 2. The average molecular weight is 476 g/mol. The molecule has 0 bridgehead atoms. The number of methoxy groups -OCH3 is 1. The van der Waals surface area contributed by atoms with Crippen molar-refractivity contribution >= 4 is 23.4 Å². The van der Waals surface area contributed by atoms with E-state index in [1.165, 1.54) is 16.4 Å². The average Bonchev–Trinajstić information content (AvgIpc) is 3.03. The Kier molecular flexibility index (Phi) is 6.35. The van der Waals surface area contributed by atoms with Gasteiger partial charge < -0.3 is 14.6 Å². The van der Waals surface area contributed by atoms with Gasteiger partial charge in [0.05, 0.1) is 18.6 Å². The Hall–Kier alpha value is -3.59. The number of hydrogen-bond acceptors (Lipinski definition) is 6. The van der Waals surface area contributed by atoms with E-state index in [0.717, 1.165) is 43.7 Å². The van der Waals surface area contributed by atoms with Crippen LogP contribution in [-0.2, 0) is 17.8 Å². The van der Waals surface area contributed by atoms with E-state index in [0.29, 0.717) is 27.9 Å². The van der Waals surface area contributed by atoms with Crippen molar-refractivity contribution in [3.8, 4) is 22.8 Å². The number of para-hydroxylation sites is 1. The van der Waals surface area contributed by atoms with Crippen molar-refractivity contribution in [3.05, 3.63) is 70.6 Å². The van der Waals surface area contributed by atoms with Gasteiger partial charge in [-0.05, 0) is 55.7 Å². The lowest BCUT2D eigenvalue weighted by Crippen LogP contribution is -2.20. The van der Waals surface area contributed by atoms with Gasteiger partial charge in [-0.2, -0.15) is 4.68 Å². The molecule has 0 unspecified atom stereocenters. The maximum absolute atomic E-state index is 13.3. The molecule has 3 heterocycles. The van der Waals surface area contributed by atoms with E-state index < -0.39 is 0 Å². The maximum Gasteiger partial charge on any atom is 0.284 e. The number of rotatable bonds is 6. The predicted molar refractivity (Wildman–Crippen MR) is 132 cm³/mol. The summed E-state index contributed by atoms with van der Waals surface area (Å²) in [6.45, 7) is 0.774. The number of amides is 1. The molecule has 3 aliphatic heterocycles. The van der Waals surface area contributed by atoms with E-state index in [1.54, 1.807) is 31.4 Å². The summed E-state index contributed by atoms with van der Waals surface area (Å²) in [4.78, 5) is 30.7. The van der Waals surface area contributed by atoms with Crippen LogP contribution in [0.5, 0.6) is 5.75 Å². The molecule has 0 atom stereocenters. The second-order valence-corrected chi connectivity index (χ2v) is 9.06. The zero-order valence-electron chi connectivity index (χ0n) is 18.9. The Bertz CT molecular complexity index is 1330. The first-order chi connectivity index (χ1) is 16.6. The van der Waals surface area contributed by atoms with Crippen molar-refractivity contribution in [2.24, 2.45) is 0 Å². The van der Waals surface area contributed by atoms with E-state index >= 15 is 0 Å². The molecule has 0 fully saturated rings. The van der Waals surface area contributed by atoms with E-state index in [1.807, 2.05) is 30.3 Å². The third kappa shape index (κ3) is 4.43. The van der Waals surface area contributed by atoms with Crippen LogP contribution in [0.3, 0.4) is 0 Å². The number of thioether (sulfide) groups is 1. The standard InChI is InChI=1S/C25H25N5O3S/c1-33-19-13-11-17(12-14-19)26-21(31)16-34-25-27-23-22(20-10-6-3-7-15-29(20)25)24(32)30(28-23)18-8-4-2-5-9-18/h2,4-5,8-9,11-14H,3,6-7,10,15-16H2,1H3,(H,26,31). The Morgan fingerprint density at radius 1 is 1.09 bits per heavy atom. The second-order valence-electron chi connectivity index (χ2n) is 8.12. The van der Waals surface area contributed by atoms with Crippen LogP contribution in [-0.4, -0.2) is 38.1 Å². The van der Waals surface area contributed by atoms with Crippen molar-refractivity contribution in [1.29, 1.82) is 0 Å². The van der Waals surface area contributed by atoms with Gasteiger partial charge >= 0.3 is 0 Å². The first-order valence-corrected chi connectivity index (χ1v) is 12.3.